The predicted octanol–water partition coefficient (Wildman–Crippen LogP) is 3.28. The number of benzene rings is 1. The first-order chi connectivity index (χ1) is 9.70. The lowest BCUT2D eigenvalue weighted by atomic mass is 10.0. The van der Waals surface area contributed by atoms with Gasteiger partial charge in [-0.05, 0) is 24.1 Å². The second kappa shape index (κ2) is 6.69. The maximum Gasteiger partial charge on any atom is 0.416 e. The van der Waals surface area contributed by atoms with Crippen LogP contribution in [0, 0.1) is 5.92 Å². The van der Waals surface area contributed by atoms with Crippen molar-refractivity contribution < 1.29 is 18.4 Å². The van der Waals surface area contributed by atoms with E-state index in [1.807, 2.05) is 18.7 Å². The van der Waals surface area contributed by atoms with Crippen LogP contribution < -0.4 is 10.6 Å². The SMILES string of the molecule is CCC(C)CN(C)c1ccc(C(F)(F)F)cc1/C(N)=N/O. The lowest BCUT2D eigenvalue weighted by Crippen LogP contribution is -2.27. The van der Waals surface area contributed by atoms with Gasteiger partial charge in [0.2, 0.25) is 0 Å². The van der Waals surface area contributed by atoms with Crippen LogP contribution in [0.4, 0.5) is 18.9 Å². The van der Waals surface area contributed by atoms with Crippen LogP contribution in [0.2, 0.25) is 0 Å². The van der Waals surface area contributed by atoms with E-state index in [4.69, 9.17) is 10.9 Å². The van der Waals surface area contributed by atoms with Gasteiger partial charge in [0.1, 0.15) is 0 Å². The molecule has 1 rings (SSSR count). The van der Waals surface area contributed by atoms with Gasteiger partial charge in [-0.2, -0.15) is 13.2 Å². The number of alkyl halides is 3. The van der Waals surface area contributed by atoms with Crippen LogP contribution in [0.25, 0.3) is 0 Å². The zero-order chi connectivity index (χ0) is 16.2. The monoisotopic (exact) mass is 303 g/mol. The molecule has 118 valence electrons. The Kier molecular flexibility index (Phi) is 5.46. The normalized spacial score (nSPS) is 14.1. The number of nitrogens with two attached hydrogens (primary N) is 1. The summed E-state index contributed by atoms with van der Waals surface area (Å²) >= 11 is 0. The van der Waals surface area contributed by atoms with Crippen molar-refractivity contribution in [3.63, 3.8) is 0 Å². The van der Waals surface area contributed by atoms with Crippen LogP contribution in [0.5, 0.6) is 0 Å². The second-order valence-electron chi connectivity index (χ2n) is 5.11. The molecule has 0 bridgehead atoms. The molecular weight excluding hydrogens is 283 g/mol. The molecule has 0 amide bonds. The number of rotatable bonds is 5. The second-order valence-corrected chi connectivity index (χ2v) is 5.11. The molecule has 7 heteroatoms. The van der Waals surface area contributed by atoms with Gasteiger partial charge in [-0.1, -0.05) is 25.4 Å². The van der Waals surface area contributed by atoms with E-state index in [1.54, 1.807) is 7.05 Å². The number of hydrogen-bond donors (Lipinski definition) is 2. The van der Waals surface area contributed by atoms with Gasteiger partial charge in [-0.15, -0.1) is 0 Å². The summed E-state index contributed by atoms with van der Waals surface area (Å²) in [6.07, 6.45) is -3.53. The minimum Gasteiger partial charge on any atom is -0.409 e. The van der Waals surface area contributed by atoms with Crippen molar-refractivity contribution >= 4 is 11.5 Å². The number of oxime groups is 1. The van der Waals surface area contributed by atoms with Gasteiger partial charge in [-0.3, -0.25) is 0 Å². The van der Waals surface area contributed by atoms with Crippen molar-refractivity contribution in [2.24, 2.45) is 16.8 Å². The summed E-state index contributed by atoms with van der Waals surface area (Å²) in [5.41, 5.74) is 5.25. The highest BCUT2D eigenvalue weighted by Crippen LogP contribution is 2.33. The molecule has 0 aromatic heterocycles. The summed E-state index contributed by atoms with van der Waals surface area (Å²) in [5, 5.41) is 11.6. The van der Waals surface area contributed by atoms with E-state index in [0.29, 0.717) is 18.2 Å². The van der Waals surface area contributed by atoms with E-state index < -0.39 is 11.7 Å². The molecule has 3 N–H and O–H groups in total. The van der Waals surface area contributed by atoms with Crippen molar-refractivity contribution in [1.82, 2.24) is 0 Å². The highest BCUT2D eigenvalue weighted by molar-refractivity contribution is 6.02. The molecule has 0 aliphatic rings. The summed E-state index contributed by atoms with van der Waals surface area (Å²) in [5.74, 6) is 0.0320. The Hall–Kier alpha value is -1.92. The molecule has 1 aromatic carbocycles. The summed E-state index contributed by atoms with van der Waals surface area (Å²) in [7, 11) is 1.77. The topological polar surface area (TPSA) is 61.8 Å². The van der Waals surface area contributed by atoms with Gasteiger partial charge < -0.3 is 15.8 Å². The fourth-order valence-corrected chi connectivity index (χ4v) is 2.00. The smallest absolute Gasteiger partial charge is 0.409 e. The summed E-state index contributed by atoms with van der Waals surface area (Å²) in [4.78, 5) is 1.81. The minimum atomic E-state index is -4.47. The average Bonchev–Trinajstić information content (AvgIpc) is 2.44. The Balaban J connectivity index is 3.26. The van der Waals surface area contributed by atoms with Crippen molar-refractivity contribution in [2.75, 3.05) is 18.5 Å². The van der Waals surface area contributed by atoms with Crippen LogP contribution in [-0.4, -0.2) is 24.6 Å². The van der Waals surface area contributed by atoms with Crippen LogP contribution in [-0.2, 0) is 6.18 Å². The number of hydrogen-bond acceptors (Lipinski definition) is 3. The largest absolute Gasteiger partial charge is 0.416 e. The molecule has 1 atom stereocenters. The van der Waals surface area contributed by atoms with Crippen molar-refractivity contribution in [2.45, 2.75) is 26.4 Å². The predicted molar refractivity (Wildman–Crippen MR) is 76.7 cm³/mol. The van der Waals surface area contributed by atoms with Crippen LogP contribution >= 0.6 is 0 Å². The number of anilines is 1. The number of amidine groups is 1. The molecular formula is C14H20F3N3O. The molecule has 0 heterocycles. The third-order valence-corrected chi connectivity index (χ3v) is 3.40. The third-order valence-electron chi connectivity index (χ3n) is 3.40. The molecule has 0 radical (unpaired) electrons. The molecule has 0 aliphatic heterocycles. The lowest BCUT2D eigenvalue weighted by Gasteiger charge is -2.25. The van der Waals surface area contributed by atoms with Crippen molar-refractivity contribution in [3.8, 4) is 0 Å². The molecule has 0 aliphatic carbocycles. The van der Waals surface area contributed by atoms with Gasteiger partial charge in [-0.25, -0.2) is 0 Å². The fraction of sp³-hybridized carbons (Fsp3) is 0.500. The van der Waals surface area contributed by atoms with Crippen LogP contribution in [0.1, 0.15) is 31.4 Å². The standard InChI is InChI=1S/C14H20F3N3O/c1-4-9(2)8-20(3)12-6-5-10(14(15,16)17)7-11(12)13(18)19-21/h5-7,9,21H,4,8H2,1-3H3,(H2,18,19). The van der Waals surface area contributed by atoms with Gasteiger partial charge >= 0.3 is 6.18 Å². The van der Waals surface area contributed by atoms with Gasteiger partial charge in [0.15, 0.2) is 5.84 Å². The fourth-order valence-electron chi connectivity index (χ4n) is 2.00. The first-order valence-corrected chi connectivity index (χ1v) is 6.61. The van der Waals surface area contributed by atoms with E-state index in [-0.39, 0.29) is 11.4 Å². The number of nitrogens with zero attached hydrogens (tertiary/aromatic N) is 2. The first-order valence-electron chi connectivity index (χ1n) is 6.61. The van der Waals surface area contributed by atoms with Crippen molar-refractivity contribution in [3.05, 3.63) is 29.3 Å². The van der Waals surface area contributed by atoms with Gasteiger partial charge in [0.05, 0.1) is 5.56 Å². The minimum absolute atomic E-state index is 0.0677. The Morgan fingerprint density at radius 2 is 2.05 bits per heavy atom. The third kappa shape index (κ3) is 4.27. The molecule has 4 nitrogen and oxygen atoms in total. The van der Waals surface area contributed by atoms with Crippen LogP contribution in [0.3, 0.4) is 0 Å². The first kappa shape index (κ1) is 17.1. The van der Waals surface area contributed by atoms with Gasteiger partial charge in [0, 0.05) is 24.8 Å². The van der Waals surface area contributed by atoms with E-state index in [9.17, 15) is 13.2 Å². The Morgan fingerprint density at radius 1 is 1.43 bits per heavy atom. The Bertz CT molecular complexity index is 515. The summed E-state index contributed by atoms with van der Waals surface area (Å²) in [6, 6.07) is 3.24. The summed E-state index contributed by atoms with van der Waals surface area (Å²) < 4.78 is 38.3. The zero-order valence-corrected chi connectivity index (χ0v) is 12.3. The quantitative estimate of drug-likeness (QED) is 0.380. The van der Waals surface area contributed by atoms with Crippen LogP contribution in [0.15, 0.2) is 23.4 Å². The molecule has 21 heavy (non-hydrogen) atoms. The molecule has 0 spiro atoms. The Labute approximate surface area is 122 Å². The molecule has 1 aromatic rings. The van der Waals surface area contributed by atoms with E-state index in [0.717, 1.165) is 18.6 Å². The molecule has 0 fully saturated rings. The zero-order valence-electron chi connectivity index (χ0n) is 12.3. The lowest BCUT2D eigenvalue weighted by molar-refractivity contribution is -0.137. The molecule has 1 unspecified atom stereocenters. The molecule has 0 saturated carbocycles. The number of halogens is 3. The maximum atomic E-state index is 12.8. The summed E-state index contributed by atoms with van der Waals surface area (Å²) in [6.45, 7) is 4.74. The van der Waals surface area contributed by atoms with E-state index in [2.05, 4.69) is 5.16 Å². The van der Waals surface area contributed by atoms with Gasteiger partial charge in [0.25, 0.3) is 0 Å². The van der Waals surface area contributed by atoms with E-state index >= 15 is 0 Å². The highest BCUT2D eigenvalue weighted by Gasteiger charge is 2.31. The molecule has 0 saturated heterocycles. The average molecular weight is 303 g/mol. The maximum absolute atomic E-state index is 12.8. The van der Waals surface area contributed by atoms with E-state index in [1.165, 1.54) is 6.07 Å². The highest BCUT2D eigenvalue weighted by atomic mass is 19.4. The Morgan fingerprint density at radius 3 is 2.52 bits per heavy atom. The van der Waals surface area contributed by atoms with Crippen molar-refractivity contribution in [1.29, 1.82) is 0 Å².